The van der Waals surface area contributed by atoms with Crippen molar-refractivity contribution >= 4 is 34.0 Å². The number of hydrogen-bond acceptors (Lipinski definition) is 6. The van der Waals surface area contributed by atoms with Gasteiger partial charge in [-0.1, -0.05) is 12.5 Å². The molecule has 2 unspecified atom stereocenters. The van der Waals surface area contributed by atoms with Gasteiger partial charge < -0.3 is 11.1 Å². The van der Waals surface area contributed by atoms with Gasteiger partial charge in [0, 0.05) is 25.2 Å². The molecule has 0 radical (unpaired) electrons. The Morgan fingerprint density at radius 2 is 2.12 bits per heavy atom. The molecule has 2 atom stereocenters. The lowest BCUT2D eigenvalue weighted by atomic mass is 10.0. The number of nitro benzene ring substituents is 1. The molecule has 3 N–H and O–H groups in total. The number of amides is 1. The Kier molecular flexibility index (Phi) is 7.94. The van der Waals surface area contributed by atoms with Crippen LogP contribution in [0.1, 0.15) is 19.3 Å². The van der Waals surface area contributed by atoms with Gasteiger partial charge in [0.2, 0.25) is 15.9 Å². The molecule has 1 aromatic carbocycles. The van der Waals surface area contributed by atoms with Crippen LogP contribution < -0.4 is 11.1 Å². The fourth-order valence-corrected chi connectivity index (χ4v) is 4.15. The van der Waals surface area contributed by atoms with Crippen molar-refractivity contribution in [3.63, 3.8) is 0 Å². The summed E-state index contributed by atoms with van der Waals surface area (Å²) in [7, 11) is -2.73. The molecule has 9 nitrogen and oxygen atoms in total. The van der Waals surface area contributed by atoms with Crippen molar-refractivity contribution in [3.05, 3.63) is 34.4 Å². The second kappa shape index (κ2) is 9.26. The monoisotopic (exact) mass is 406 g/mol. The number of sulfonamides is 1. The minimum Gasteiger partial charge on any atom is -0.352 e. The van der Waals surface area contributed by atoms with Gasteiger partial charge in [0.15, 0.2) is 0 Å². The van der Waals surface area contributed by atoms with Crippen molar-refractivity contribution in [2.75, 3.05) is 20.1 Å². The smallest absolute Gasteiger partial charge is 0.270 e. The summed E-state index contributed by atoms with van der Waals surface area (Å²) in [6.45, 7) is 0.117. The molecule has 1 saturated carbocycles. The number of likely N-dealkylation sites (N-methyl/N-ethyl adjacent to an activating group) is 1. The van der Waals surface area contributed by atoms with Crippen molar-refractivity contribution < 1.29 is 18.1 Å². The number of non-ortho nitro benzene ring substituents is 1. The van der Waals surface area contributed by atoms with E-state index in [-0.39, 0.29) is 41.5 Å². The summed E-state index contributed by atoms with van der Waals surface area (Å²) in [4.78, 5) is 22.1. The molecule has 2 rings (SSSR count). The second-order valence-corrected chi connectivity index (χ2v) is 8.16. The molecule has 1 amide bonds. The number of nitrogens with two attached hydrogens (primary N) is 1. The summed E-state index contributed by atoms with van der Waals surface area (Å²) in [6.07, 6.45) is 2.76. The van der Waals surface area contributed by atoms with Gasteiger partial charge in [-0.3, -0.25) is 14.9 Å². The quantitative estimate of drug-likeness (QED) is 0.509. The first-order valence-corrected chi connectivity index (χ1v) is 9.40. The second-order valence-electron chi connectivity index (χ2n) is 6.12. The van der Waals surface area contributed by atoms with Crippen LogP contribution in [-0.2, 0) is 14.8 Å². The molecule has 1 fully saturated rings. The highest BCUT2D eigenvalue weighted by atomic mass is 35.5. The minimum absolute atomic E-state index is 0. The SMILES string of the molecule is CN(CC(=O)NC1CCCC1CN)S(=O)(=O)c1cccc([N+](=O)[O-])c1.Cl. The molecule has 0 bridgehead atoms. The normalized spacial score (nSPS) is 19.8. The average molecular weight is 407 g/mol. The Morgan fingerprint density at radius 3 is 2.73 bits per heavy atom. The molecule has 0 aliphatic heterocycles. The number of carbonyl (C=O) groups excluding carboxylic acids is 1. The van der Waals surface area contributed by atoms with E-state index in [1.165, 1.54) is 25.2 Å². The number of benzene rings is 1. The van der Waals surface area contributed by atoms with Crippen molar-refractivity contribution in [3.8, 4) is 0 Å². The van der Waals surface area contributed by atoms with Gasteiger partial charge in [-0.25, -0.2) is 8.42 Å². The number of nitro groups is 1. The number of halogens is 1. The van der Waals surface area contributed by atoms with Crippen LogP contribution in [-0.4, -0.2) is 49.7 Å². The highest BCUT2D eigenvalue weighted by Gasteiger charge is 2.29. The minimum atomic E-state index is -4.00. The maximum absolute atomic E-state index is 12.5. The summed E-state index contributed by atoms with van der Waals surface area (Å²) < 4.78 is 25.9. The largest absolute Gasteiger partial charge is 0.352 e. The zero-order valence-electron chi connectivity index (χ0n) is 14.3. The van der Waals surface area contributed by atoms with E-state index >= 15 is 0 Å². The fourth-order valence-electron chi connectivity index (χ4n) is 2.99. The third-order valence-corrected chi connectivity index (χ3v) is 6.21. The molecule has 11 heteroatoms. The standard InChI is InChI=1S/C15H22N4O5S.ClH/c1-18(10-15(20)17-14-7-2-4-11(14)9-16)25(23,24)13-6-3-5-12(8-13)19(21)22;/h3,5-6,8,11,14H,2,4,7,9-10,16H2,1H3,(H,17,20);1H. The highest BCUT2D eigenvalue weighted by molar-refractivity contribution is 7.89. The Bertz CT molecular complexity index is 758. The number of rotatable bonds is 7. The first-order valence-electron chi connectivity index (χ1n) is 7.96. The molecule has 1 aliphatic rings. The van der Waals surface area contributed by atoms with Gasteiger partial charge in [-0.2, -0.15) is 4.31 Å². The van der Waals surface area contributed by atoms with E-state index in [0.29, 0.717) is 6.54 Å². The maximum atomic E-state index is 12.5. The summed E-state index contributed by atoms with van der Waals surface area (Å²) in [5.74, 6) is -0.204. The molecule has 0 heterocycles. The van der Waals surface area contributed by atoms with E-state index in [1.54, 1.807) is 0 Å². The number of nitrogens with one attached hydrogen (secondary N) is 1. The molecule has 1 aliphatic carbocycles. The Morgan fingerprint density at radius 1 is 1.42 bits per heavy atom. The Hall–Kier alpha value is -1.75. The van der Waals surface area contributed by atoms with Crippen molar-refractivity contribution in [1.29, 1.82) is 0 Å². The van der Waals surface area contributed by atoms with Crippen LogP contribution in [0.15, 0.2) is 29.2 Å². The van der Waals surface area contributed by atoms with Crippen molar-refractivity contribution in [1.82, 2.24) is 9.62 Å². The topological polar surface area (TPSA) is 136 Å². The fraction of sp³-hybridized carbons (Fsp3) is 0.533. The number of hydrogen-bond donors (Lipinski definition) is 2. The zero-order valence-corrected chi connectivity index (χ0v) is 16.0. The van der Waals surface area contributed by atoms with Crippen LogP contribution >= 0.6 is 12.4 Å². The van der Waals surface area contributed by atoms with E-state index in [9.17, 15) is 23.3 Å². The molecule has 0 saturated heterocycles. The lowest BCUT2D eigenvalue weighted by Crippen LogP contribution is -2.45. The summed E-state index contributed by atoms with van der Waals surface area (Å²) >= 11 is 0. The molecular weight excluding hydrogens is 384 g/mol. The molecule has 146 valence electrons. The molecule has 0 spiro atoms. The number of nitrogens with zero attached hydrogens (tertiary/aromatic N) is 2. The number of carbonyl (C=O) groups is 1. The van der Waals surface area contributed by atoms with Crippen molar-refractivity contribution in [2.45, 2.75) is 30.2 Å². The van der Waals surface area contributed by atoms with Gasteiger partial charge in [0.25, 0.3) is 5.69 Å². The van der Waals surface area contributed by atoms with Crippen LogP contribution in [0.5, 0.6) is 0 Å². The predicted molar refractivity (Wildman–Crippen MR) is 98.5 cm³/mol. The van der Waals surface area contributed by atoms with Crippen LogP contribution in [0.4, 0.5) is 5.69 Å². The van der Waals surface area contributed by atoms with Crippen LogP contribution in [0.2, 0.25) is 0 Å². The van der Waals surface area contributed by atoms with Crippen LogP contribution in [0.25, 0.3) is 0 Å². The van der Waals surface area contributed by atoms with E-state index in [2.05, 4.69) is 5.32 Å². The predicted octanol–water partition coefficient (Wildman–Crippen LogP) is 0.881. The van der Waals surface area contributed by atoms with Gasteiger partial charge in [0.05, 0.1) is 16.4 Å². The average Bonchev–Trinajstić information content (AvgIpc) is 3.01. The van der Waals surface area contributed by atoms with Crippen LogP contribution in [0, 0.1) is 16.0 Å². The van der Waals surface area contributed by atoms with Gasteiger partial charge >= 0.3 is 0 Å². The molecule has 26 heavy (non-hydrogen) atoms. The maximum Gasteiger partial charge on any atom is 0.270 e. The van der Waals surface area contributed by atoms with E-state index < -0.39 is 20.9 Å². The first kappa shape index (κ1) is 22.3. The first-order chi connectivity index (χ1) is 11.8. The summed E-state index contributed by atoms with van der Waals surface area (Å²) in [6, 6.07) is 4.71. The van der Waals surface area contributed by atoms with Crippen molar-refractivity contribution in [2.24, 2.45) is 11.7 Å². The third-order valence-electron chi connectivity index (χ3n) is 4.41. The Labute approximate surface area is 158 Å². The Balaban J connectivity index is 0.00000338. The van der Waals surface area contributed by atoms with E-state index in [4.69, 9.17) is 5.73 Å². The zero-order chi connectivity index (χ0) is 18.6. The molecule has 1 aromatic rings. The summed E-state index contributed by atoms with van der Waals surface area (Å²) in [5, 5.41) is 13.6. The van der Waals surface area contributed by atoms with E-state index in [0.717, 1.165) is 29.6 Å². The lowest BCUT2D eigenvalue weighted by Gasteiger charge is -2.22. The van der Waals surface area contributed by atoms with Gasteiger partial charge in [-0.15, -0.1) is 12.4 Å². The van der Waals surface area contributed by atoms with Gasteiger partial charge in [-0.05, 0) is 31.4 Å². The third kappa shape index (κ3) is 5.13. The van der Waals surface area contributed by atoms with Crippen LogP contribution in [0.3, 0.4) is 0 Å². The van der Waals surface area contributed by atoms with E-state index in [1.807, 2.05) is 0 Å². The highest BCUT2D eigenvalue weighted by Crippen LogP contribution is 2.24. The molecule has 0 aromatic heterocycles. The van der Waals surface area contributed by atoms with Gasteiger partial charge in [0.1, 0.15) is 0 Å². The lowest BCUT2D eigenvalue weighted by molar-refractivity contribution is -0.385. The molecular formula is C15H23ClN4O5S. The summed E-state index contributed by atoms with van der Waals surface area (Å²) in [5.41, 5.74) is 5.35.